The number of hydrogen-bond acceptors (Lipinski definition) is 3. The average Bonchev–Trinajstić information content (AvgIpc) is 2.35. The van der Waals surface area contributed by atoms with Gasteiger partial charge in [-0.3, -0.25) is 0 Å². The number of anilines is 1. The van der Waals surface area contributed by atoms with Gasteiger partial charge in [0.1, 0.15) is 0 Å². The summed E-state index contributed by atoms with van der Waals surface area (Å²) in [7, 11) is 1.96. The number of nitrogens with two attached hydrogens (primary N) is 1. The van der Waals surface area contributed by atoms with Crippen molar-refractivity contribution in [3.05, 3.63) is 41.3 Å². The first-order valence-corrected chi connectivity index (χ1v) is 6.37. The maximum atomic E-state index is 5.81. The number of likely N-dealkylation sites (N-methyl/N-ethyl adjacent to an activating group) is 1. The fraction of sp³-hybridized carbons (Fsp3) is 0.154. The van der Waals surface area contributed by atoms with Crippen molar-refractivity contribution in [3.63, 3.8) is 0 Å². The first kappa shape index (κ1) is 10.6. The smallest absolute Gasteiger partial charge is 0.218 e. The normalized spacial score (nSPS) is 21.4. The lowest BCUT2D eigenvalue weighted by Crippen LogP contribution is -2.68. The number of thioether (sulfide) groups is 1. The summed E-state index contributed by atoms with van der Waals surface area (Å²) in [6.07, 6.45) is 6.50. The Morgan fingerprint density at radius 1 is 1.41 bits per heavy atom. The molecule has 1 aromatic carbocycles. The van der Waals surface area contributed by atoms with Crippen molar-refractivity contribution < 1.29 is 4.99 Å². The summed E-state index contributed by atoms with van der Waals surface area (Å²) in [5.41, 5.74) is 8.91. The van der Waals surface area contributed by atoms with Gasteiger partial charge in [-0.1, -0.05) is 17.8 Å². The Hall–Kier alpha value is -1.52. The first-order valence-electron chi connectivity index (χ1n) is 5.55. The number of allylic oxidation sites excluding steroid dienone is 2. The molecule has 0 fully saturated rings. The highest BCUT2D eigenvalue weighted by atomic mass is 32.2. The number of nitrogens with one attached hydrogen (secondary N) is 2. The molecule has 1 aliphatic heterocycles. The van der Waals surface area contributed by atoms with E-state index in [2.05, 4.69) is 28.5 Å². The second kappa shape index (κ2) is 4.05. The summed E-state index contributed by atoms with van der Waals surface area (Å²) < 4.78 is 0. The summed E-state index contributed by atoms with van der Waals surface area (Å²) in [6, 6.07) is 6.27. The van der Waals surface area contributed by atoms with Gasteiger partial charge in [-0.25, -0.2) is 4.99 Å². The van der Waals surface area contributed by atoms with Crippen LogP contribution in [0.2, 0.25) is 0 Å². The van der Waals surface area contributed by atoms with Crippen LogP contribution in [0, 0.1) is 0 Å². The molecule has 1 atom stereocenters. The lowest BCUT2D eigenvalue weighted by molar-refractivity contribution is -0.355. The Balaban J connectivity index is 2.05. The van der Waals surface area contributed by atoms with Crippen LogP contribution in [0.1, 0.15) is 0 Å². The van der Waals surface area contributed by atoms with E-state index >= 15 is 0 Å². The molecule has 0 amide bonds. The van der Waals surface area contributed by atoms with Crippen LogP contribution in [0.3, 0.4) is 0 Å². The molecular weight excluding hydrogens is 230 g/mol. The van der Waals surface area contributed by atoms with Crippen molar-refractivity contribution in [3.8, 4) is 0 Å². The van der Waals surface area contributed by atoms with Gasteiger partial charge in [0.05, 0.1) is 9.80 Å². The second-order valence-electron chi connectivity index (χ2n) is 4.10. The van der Waals surface area contributed by atoms with E-state index in [9.17, 15) is 0 Å². The predicted molar refractivity (Wildman–Crippen MR) is 72.4 cm³/mol. The molecule has 17 heavy (non-hydrogen) atoms. The summed E-state index contributed by atoms with van der Waals surface area (Å²) in [4.78, 5) is 5.87. The zero-order chi connectivity index (χ0) is 11.8. The Morgan fingerprint density at radius 3 is 3.12 bits per heavy atom. The van der Waals surface area contributed by atoms with Gasteiger partial charge in [0.2, 0.25) is 11.4 Å². The highest BCUT2D eigenvalue weighted by Gasteiger charge is 2.25. The average molecular weight is 244 g/mol. The largest absolute Gasteiger partial charge is 0.399 e. The zero-order valence-electron chi connectivity index (χ0n) is 9.53. The quantitative estimate of drug-likeness (QED) is 0.633. The van der Waals surface area contributed by atoms with Crippen LogP contribution in [0.25, 0.3) is 0 Å². The molecule has 86 valence electrons. The van der Waals surface area contributed by atoms with Crippen LogP contribution >= 0.6 is 11.8 Å². The molecule has 0 saturated heterocycles. The Bertz CT molecular complexity index is 558. The highest BCUT2D eigenvalue weighted by Crippen LogP contribution is 2.35. The van der Waals surface area contributed by atoms with E-state index in [0.717, 1.165) is 11.4 Å². The molecule has 0 bridgehead atoms. The van der Waals surface area contributed by atoms with Crippen LogP contribution in [0.5, 0.6) is 0 Å². The molecule has 4 heteroatoms. The van der Waals surface area contributed by atoms with Crippen molar-refractivity contribution in [2.45, 2.75) is 10.9 Å². The molecule has 0 aromatic heterocycles. The predicted octanol–water partition coefficient (Wildman–Crippen LogP) is 0.569. The van der Waals surface area contributed by atoms with Gasteiger partial charge in [-0.15, -0.1) is 0 Å². The molecule has 0 saturated carbocycles. The summed E-state index contributed by atoms with van der Waals surface area (Å²) >= 11 is 1.76. The fourth-order valence-electron chi connectivity index (χ4n) is 1.95. The highest BCUT2D eigenvalue weighted by molar-refractivity contribution is 8.04. The zero-order valence-corrected chi connectivity index (χ0v) is 10.3. The topological polar surface area (TPSA) is 52.0 Å². The Labute approximate surface area is 105 Å². The van der Waals surface area contributed by atoms with Crippen molar-refractivity contribution in [2.75, 3.05) is 12.8 Å². The minimum Gasteiger partial charge on any atom is -0.399 e. The van der Waals surface area contributed by atoms with Crippen LogP contribution in [-0.2, 0) is 0 Å². The monoisotopic (exact) mass is 244 g/mol. The van der Waals surface area contributed by atoms with Gasteiger partial charge in [0.25, 0.3) is 0 Å². The second-order valence-corrected chi connectivity index (χ2v) is 5.18. The van der Waals surface area contributed by atoms with Crippen LogP contribution in [0.4, 0.5) is 11.4 Å². The molecule has 0 radical (unpaired) electrons. The third-order valence-corrected chi connectivity index (χ3v) is 4.03. The maximum Gasteiger partial charge on any atom is 0.218 e. The van der Waals surface area contributed by atoms with Crippen molar-refractivity contribution in [1.82, 2.24) is 5.32 Å². The minimum atomic E-state index is 0.311. The fourth-order valence-corrected chi connectivity index (χ4v) is 3.06. The van der Waals surface area contributed by atoms with Crippen molar-refractivity contribution in [1.29, 1.82) is 0 Å². The van der Waals surface area contributed by atoms with Gasteiger partial charge >= 0.3 is 0 Å². The molecule has 3 rings (SSSR count). The lowest BCUT2D eigenvalue weighted by Gasteiger charge is -2.17. The Morgan fingerprint density at radius 2 is 2.29 bits per heavy atom. The van der Waals surface area contributed by atoms with Gasteiger partial charge in [-0.2, -0.15) is 0 Å². The third-order valence-electron chi connectivity index (χ3n) is 2.89. The standard InChI is InChI=1S/C13H13N3S/c1-15-9-3-5-11-13(7-9)17-12-6-8(14)2-4-10(12)16-11/h2-7,9,15H,14H2,1H3/p+1. The molecule has 1 heterocycles. The van der Waals surface area contributed by atoms with Crippen LogP contribution in [0.15, 0.2) is 46.2 Å². The van der Waals surface area contributed by atoms with E-state index < -0.39 is 0 Å². The molecular formula is C13H14N3S+. The van der Waals surface area contributed by atoms with E-state index in [4.69, 9.17) is 5.73 Å². The third kappa shape index (κ3) is 1.90. The Kier molecular flexibility index (Phi) is 2.53. The van der Waals surface area contributed by atoms with Crippen molar-refractivity contribution >= 4 is 28.8 Å². The van der Waals surface area contributed by atoms with E-state index in [-0.39, 0.29) is 0 Å². The minimum absolute atomic E-state index is 0.311. The molecule has 1 unspecified atom stereocenters. The number of fused-ring (bicyclic) bond motifs is 2. The number of benzene rings is 1. The number of nitrogen functional groups attached to an aromatic ring is 1. The number of hydrogen-bond donors (Lipinski definition) is 3. The molecule has 1 aromatic rings. The van der Waals surface area contributed by atoms with Crippen LogP contribution < -0.4 is 16.0 Å². The molecule has 0 spiro atoms. The summed E-state index contributed by atoms with van der Waals surface area (Å²) in [5, 5.41) is 3.23. The van der Waals surface area contributed by atoms with E-state index in [1.165, 1.54) is 15.5 Å². The summed E-state index contributed by atoms with van der Waals surface area (Å²) in [5.74, 6) is 0. The lowest BCUT2D eigenvalue weighted by atomic mass is 10.1. The molecule has 4 N–H and O–H groups in total. The summed E-state index contributed by atoms with van der Waals surface area (Å²) in [6.45, 7) is 0. The molecule has 1 aliphatic carbocycles. The first-order chi connectivity index (χ1) is 8.26. The molecule has 2 aliphatic rings. The van der Waals surface area contributed by atoms with Gasteiger partial charge in [-0.05, 0) is 25.3 Å². The SMILES string of the molecule is CNC1C=CC2=[NH+]c3ccc(N)cc3SC2=C1. The van der Waals surface area contributed by atoms with E-state index in [1.54, 1.807) is 11.8 Å². The maximum absolute atomic E-state index is 5.81. The van der Waals surface area contributed by atoms with E-state index in [1.807, 2.05) is 25.2 Å². The van der Waals surface area contributed by atoms with Crippen LogP contribution in [-0.4, -0.2) is 18.8 Å². The van der Waals surface area contributed by atoms with Gasteiger partial charge in [0, 0.05) is 23.9 Å². The van der Waals surface area contributed by atoms with Crippen molar-refractivity contribution in [2.24, 2.45) is 0 Å². The van der Waals surface area contributed by atoms with Gasteiger partial charge < -0.3 is 11.1 Å². The number of rotatable bonds is 1. The van der Waals surface area contributed by atoms with Gasteiger partial charge in [0.15, 0.2) is 0 Å². The van der Waals surface area contributed by atoms with E-state index in [0.29, 0.717) is 6.04 Å². The molecule has 3 nitrogen and oxygen atoms in total.